The van der Waals surface area contributed by atoms with Crippen LogP contribution in [0.1, 0.15) is 58.9 Å². The van der Waals surface area contributed by atoms with Gasteiger partial charge in [0.05, 0.1) is 5.56 Å². The van der Waals surface area contributed by atoms with Gasteiger partial charge in [-0.15, -0.1) is 0 Å². The first-order valence-corrected chi connectivity index (χ1v) is 13.3. The average Bonchev–Trinajstić information content (AvgIpc) is 2.94. The molecule has 2 atom stereocenters. The molecule has 9 heteroatoms. The van der Waals surface area contributed by atoms with Gasteiger partial charge in [-0.25, -0.2) is 8.78 Å². The number of hydrogen-bond acceptors (Lipinski definition) is 4. The lowest BCUT2D eigenvalue weighted by atomic mass is 9.68. The second-order valence-electron chi connectivity index (χ2n) is 10.6. The minimum atomic E-state index is -4.52. The van der Waals surface area contributed by atoms with Gasteiger partial charge >= 0.3 is 6.18 Å². The topological polar surface area (TPSA) is 41.9 Å². The highest BCUT2D eigenvalue weighted by atomic mass is 19.4. The van der Waals surface area contributed by atoms with Crippen LogP contribution in [0.25, 0.3) is 0 Å². The minimum absolute atomic E-state index is 0.240. The van der Waals surface area contributed by atoms with E-state index in [0.717, 1.165) is 55.4 Å². The Labute approximate surface area is 230 Å². The van der Waals surface area contributed by atoms with Crippen molar-refractivity contribution in [1.29, 1.82) is 0 Å². The van der Waals surface area contributed by atoms with E-state index < -0.39 is 35.9 Å². The lowest BCUT2D eigenvalue weighted by molar-refractivity contribution is -0.141. The molecule has 5 rings (SSSR count). The first-order chi connectivity index (χ1) is 19.0. The maximum atomic E-state index is 15.4. The number of piperidine rings is 1. The van der Waals surface area contributed by atoms with Gasteiger partial charge in [-0.05, 0) is 65.9 Å². The fourth-order valence-corrected chi connectivity index (χ4v) is 6.30. The molecule has 2 aliphatic rings. The number of ether oxygens (including phenoxy) is 2. The molecule has 4 nitrogen and oxygen atoms in total. The van der Waals surface area contributed by atoms with Crippen LogP contribution in [0.2, 0.25) is 0 Å². The van der Waals surface area contributed by atoms with E-state index in [2.05, 4.69) is 4.90 Å². The zero-order valence-corrected chi connectivity index (χ0v) is 22.3. The molecule has 1 aliphatic heterocycles. The van der Waals surface area contributed by atoms with E-state index in [-0.39, 0.29) is 17.6 Å². The van der Waals surface area contributed by atoms with Crippen LogP contribution in [0.15, 0.2) is 66.7 Å². The summed E-state index contributed by atoms with van der Waals surface area (Å²) in [5.41, 5.74) is 1.48. The third-order valence-electron chi connectivity index (χ3n) is 8.32. The molecule has 40 heavy (non-hydrogen) atoms. The Hall–Kier alpha value is -3.17. The highest BCUT2D eigenvalue weighted by molar-refractivity contribution is 5.53. The SMILES string of the molecule is COC(OC)C1CCN(c2ccc([C@@H]3c4ccc(O)cc4C(F)(F)C[C@@H]3c3ccc(C(F)(F)F)cc3)cc2)CC1. The van der Waals surface area contributed by atoms with Crippen molar-refractivity contribution in [3.8, 4) is 5.75 Å². The van der Waals surface area contributed by atoms with Crippen LogP contribution >= 0.6 is 0 Å². The summed E-state index contributed by atoms with van der Waals surface area (Å²) in [6, 6.07) is 16.2. The van der Waals surface area contributed by atoms with Gasteiger partial charge in [0.15, 0.2) is 6.29 Å². The number of hydrogen-bond donors (Lipinski definition) is 1. The number of phenols is 1. The lowest BCUT2D eigenvalue weighted by Crippen LogP contribution is -2.39. The molecule has 0 aromatic heterocycles. The molecule has 0 bridgehead atoms. The number of benzene rings is 3. The Kier molecular flexibility index (Phi) is 7.81. The molecular weight excluding hydrogens is 529 g/mol. The molecule has 0 radical (unpaired) electrons. The third kappa shape index (κ3) is 5.54. The number of methoxy groups -OCH3 is 2. The Morgan fingerprint density at radius 1 is 0.875 bits per heavy atom. The average molecular weight is 562 g/mol. The molecule has 0 amide bonds. The summed E-state index contributed by atoms with van der Waals surface area (Å²) in [5, 5.41) is 9.97. The molecule has 0 spiro atoms. The summed E-state index contributed by atoms with van der Waals surface area (Å²) in [6.45, 7) is 1.64. The number of alkyl halides is 5. The maximum Gasteiger partial charge on any atom is 0.416 e. The third-order valence-corrected chi connectivity index (χ3v) is 8.32. The largest absolute Gasteiger partial charge is 0.508 e. The standard InChI is InChI=1S/C31H32F5NO3/c1-39-29(40-2)21-13-15-37(16-14-21)23-9-5-20(6-10-23)28-25-12-11-24(38)17-27(25)30(32,33)18-26(28)19-3-7-22(8-4-19)31(34,35)36/h3-12,17,21,26,28-29,38H,13-16,18H2,1-2H3/t26-,28-/m1/s1. The van der Waals surface area contributed by atoms with Gasteiger partial charge in [0, 0.05) is 62.7 Å². The van der Waals surface area contributed by atoms with Crippen LogP contribution in [0.3, 0.4) is 0 Å². The van der Waals surface area contributed by atoms with Gasteiger partial charge in [-0.1, -0.05) is 30.3 Å². The summed E-state index contributed by atoms with van der Waals surface area (Å²) in [5.74, 6) is -4.52. The van der Waals surface area contributed by atoms with Crippen molar-refractivity contribution >= 4 is 5.69 Å². The molecule has 3 aromatic carbocycles. The highest BCUT2D eigenvalue weighted by Gasteiger charge is 2.47. The van der Waals surface area contributed by atoms with Crippen molar-refractivity contribution in [1.82, 2.24) is 0 Å². The van der Waals surface area contributed by atoms with Gasteiger partial charge in [0.1, 0.15) is 5.75 Å². The molecule has 3 aromatic rings. The first kappa shape index (κ1) is 28.4. The predicted octanol–water partition coefficient (Wildman–Crippen LogP) is 7.66. The lowest BCUT2D eigenvalue weighted by Gasteiger charge is -2.39. The number of anilines is 1. The van der Waals surface area contributed by atoms with E-state index in [9.17, 15) is 18.3 Å². The van der Waals surface area contributed by atoms with Crippen LogP contribution in [0.5, 0.6) is 5.75 Å². The number of phenolic OH excluding ortho intramolecular Hbond substituents is 1. The smallest absolute Gasteiger partial charge is 0.416 e. The monoisotopic (exact) mass is 561 g/mol. The highest BCUT2D eigenvalue weighted by Crippen LogP contribution is 2.55. The summed E-state index contributed by atoms with van der Waals surface area (Å²) >= 11 is 0. The summed E-state index contributed by atoms with van der Waals surface area (Å²) in [6.07, 6.45) is -3.54. The molecule has 0 unspecified atom stereocenters. The van der Waals surface area contributed by atoms with Crippen LogP contribution in [-0.4, -0.2) is 38.7 Å². The second-order valence-corrected chi connectivity index (χ2v) is 10.6. The fraction of sp³-hybridized carbons (Fsp3) is 0.419. The van der Waals surface area contributed by atoms with E-state index in [1.54, 1.807) is 14.2 Å². The quantitative estimate of drug-likeness (QED) is 0.248. The van der Waals surface area contributed by atoms with Crippen LogP contribution < -0.4 is 4.90 Å². The zero-order chi connectivity index (χ0) is 28.7. The summed E-state index contributed by atoms with van der Waals surface area (Å²) < 4.78 is 81.2. The zero-order valence-electron chi connectivity index (χ0n) is 22.3. The Balaban J connectivity index is 1.47. The second kappa shape index (κ2) is 11.0. The number of rotatable bonds is 6. The van der Waals surface area contributed by atoms with Gasteiger partial charge < -0.3 is 19.5 Å². The molecule has 1 aliphatic carbocycles. The van der Waals surface area contributed by atoms with Crippen molar-refractivity contribution in [2.24, 2.45) is 5.92 Å². The molecule has 214 valence electrons. The Morgan fingerprint density at radius 3 is 2.05 bits per heavy atom. The van der Waals surface area contributed by atoms with E-state index in [4.69, 9.17) is 9.47 Å². The number of halogens is 5. The molecule has 0 saturated carbocycles. The van der Waals surface area contributed by atoms with Crippen molar-refractivity contribution in [3.63, 3.8) is 0 Å². The van der Waals surface area contributed by atoms with Crippen LogP contribution in [-0.2, 0) is 21.6 Å². The molecular formula is C31H32F5NO3. The number of aromatic hydroxyl groups is 1. The van der Waals surface area contributed by atoms with Gasteiger partial charge in [-0.2, -0.15) is 13.2 Å². The molecule has 1 saturated heterocycles. The van der Waals surface area contributed by atoms with Crippen molar-refractivity contribution < 1.29 is 36.5 Å². The normalized spacial score (nSPS) is 21.4. The number of nitrogens with zero attached hydrogens (tertiary/aromatic N) is 1. The van der Waals surface area contributed by atoms with Crippen molar-refractivity contribution in [3.05, 3.63) is 94.5 Å². The van der Waals surface area contributed by atoms with Crippen molar-refractivity contribution in [2.75, 3.05) is 32.2 Å². The van der Waals surface area contributed by atoms with Crippen LogP contribution in [0, 0.1) is 5.92 Å². The van der Waals surface area contributed by atoms with Crippen LogP contribution in [0.4, 0.5) is 27.6 Å². The van der Waals surface area contributed by atoms with E-state index in [1.807, 2.05) is 24.3 Å². The molecule has 1 N–H and O–H groups in total. The Bertz CT molecular complexity index is 1300. The van der Waals surface area contributed by atoms with Gasteiger partial charge in [0.2, 0.25) is 0 Å². The Morgan fingerprint density at radius 2 is 1.48 bits per heavy atom. The fourth-order valence-electron chi connectivity index (χ4n) is 6.30. The maximum absolute atomic E-state index is 15.4. The van der Waals surface area contributed by atoms with E-state index in [1.165, 1.54) is 24.3 Å². The molecule has 1 heterocycles. The molecule has 1 fully saturated rings. The minimum Gasteiger partial charge on any atom is -0.508 e. The van der Waals surface area contributed by atoms with Crippen molar-refractivity contribution in [2.45, 2.75) is 49.5 Å². The van der Waals surface area contributed by atoms with E-state index in [0.29, 0.717) is 17.0 Å². The summed E-state index contributed by atoms with van der Waals surface area (Å²) in [7, 11) is 3.27. The number of fused-ring (bicyclic) bond motifs is 1. The van der Waals surface area contributed by atoms with Gasteiger partial charge in [0.25, 0.3) is 5.92 Å². The van der Waals surface area contributed by atoms with Gasteiger partial charge in [-0.3, -0.25) is 0 Å². The summed E-state index contributed by atoms with van der Waals surface area (Å²) in [4.78, 5) is 2.26. The first-order valence-electron chi connectivity index (χ1n) is 13.3. The predicted molar refractivity (Wildman–Crippen MR) is 142 cm³/mol. The van der Waals surface area contributed by atoms with E-state index >= 15 is 8.78 Å².